The number of fused-ring (bicyclic) bond motifs is 1. The molecule has 0 saturated carbocycles. The number of carboxylic acid groups (broad SMARTS) is 2. The highest BCUT2D eigenvalue weighted by Gasteiger charge is 2.53. The molecular weight excluding hydrogens is 412 g/mol. The molecule has 8 heteroatoms. The zero-order valence-corrected chi connectivity index (χ0v) is 18.8. The van der Waals surface area contributed by atoms with E-state index in [2.05, 4.69) is 16.3 Å². The number of nitrogens with zero attached hydrogens (tertiary/aromatic N) is 1. The largest absolute Gasteiger partial charge is 0.473 e. The fourth-order valence-electron chi connectivity index (χ4n) is 3.77. The van der Waals surface area contributed by atoms with Gasteiger partial charge in [-0.1, -0.05) is 42.5 Å². The quantitative estimate of drug-likeness (QED) is 0.588. The lowest BCUT2D eigenvalue weighted by molar-refractivity contribution is -0.162. The summed E-state index contributed by atoms with van der Waals surface area (Å²) in [5, 5.41) is 17.8. The van der Waals surface area contributed by atoms with E-state index in [1.807, 2.05) is 76.5 Å². The predicted molar refractivity (Wildman–Crippen MR) is 120 cm³/mol. The lowest BCUT2D eigenvalue weighted by Crippen LogP contribution is -2.42. The molecule has 3 rings (SSSR count). The summed E-state index contributed by atoms with van der Waals surface area (Å²) in [5.41, 5.74) is 1.40. The van der Waals surface area contributed by atoms with Crippen molar-refractivity contribution in [3.8, 4) is 0 Å². The molecule has 2 aromatic rings. The van der Waals surface area contributed by atoms with Gasteiger partial charge in [-0.15, -0.1) is 0 Å². The van der Waals surface area contributed by atoms with Crippen LogP contribution in [0.4, 0.5) is 5.69 Å². The van der Waals surface area contributed by atoms with Gasteiger partial charge in [-0.3, -0.25) is 4.79 Å². The lowest BCUT2D eigenvalue weighted by atomic mass is 9.85. The molecule has 172 valence electrons. The number of carboxylic acids is 2. The standard InChI is InChI=1S/C22H28N2O2.C2H2O4/c1-21(2)18-13-8-9-14-19(18)22(26-21,15-10-16-24(3)4)20(25)23-17-11-6-5-7-12-17;3-1(4)2(5)6/h5-9,11-14H,10,15-16H2,1-4H3,(H,23,25);(H,3,4)(H,5,6). The average molecular weight is 443 g/mol. The van der Waals surface area contributed by atoms with Gasteiger partial charge in [0.1, 0.15) is 0 Å². The molecular formula is C24H30N2O6. The van der Waals surface area contributed by atoms with E-state index in [1.165, 1.54) is 0 Å². The first-order chi connectivity index (χ1) is 15.0. The SMILES string of the molecule is CN(C)CCCC1(C(=O)Nc2ccccc2)OC(C)(C)c2ccccc21.O=C(O)C(=O)O. The Morgan fingerprint density at radius 2 is 1.44 bits per heavy atom. The fourth-order valence-corrected chi connectivity index (χ4v) is 3.77. The molecule has 3 N–H and O–H groups in total. The van der Waals surface area contributed by atoms with Gasteiger partial charge in [0, 0.05) is 5.69 Å². The molecule has 0 bridgehead atoms. The molecule has 1 heterocycles. The topological polar surface area (TPSA) is 116 Å². The third kappa shape index (κ3) is 5.93. The van der Waals surface area contributed by atoms with Crippen molar-refractivity contribution in [1.82, 2.24) is 4.90 Å². The Labute approximate surface area is 187 Å². The number of hydrogen-bond donors (Lipinski definition) is 3. The van der Waals surface area contributed by atoms with Gasteiger partial charge in [0.2, 0.25) is 0 Å². The number of rotatable bonds is 6. The van der Waals surface area contributed by atoms with Crippen LogP contribution in [0.3, 0.4) is 0 Å². The van der Waals surface area contributed by atoms with E-state index in [0.717, 1.165) is 29.8 Å². The minimum atomic E-state index is -1.82. The van der Waals surface area contributed by atoms with Crippen LogP contribution in [0.15, 0.2) is 54.6 Å². The fraction of sp³-hybridized carbons (Fsp3) is 0.375. The first kappa shape index (κ1) is 25.0. The molecule has 0 aliphatic carbocycles. The number of carbonyl (C=O) groups excluding carboxylic acids is 1. The predicted octanol–water partition coefficient (Wildman–Crippen LogP) is 3.28. The maximum absolute atomic E-state index is 13.4. The van der Waals surface area contributed by atoms with Crippen molar-refractivity contribution in [2.45, 2.75) is 37.9 Å². The summed E-state index contributed by atoms with van der Waals surface area (Å²) in [5.74, 6) is -3.74. The van der Waals surface area contributed by atoms with Gasteiger partial charge in [0.25, 0.3) is 5.91 Å². The van der Waals surface area contributed by atoms with Crippen molar-refractivity contribution in [2.24, 2.45) is 0 Å². The van der Waals surface area contributed by atoms with Crippen LogP contribution >= 0.6 is 0 Å². The zero-order valence-electron chi connectivity index (χ0n) is 18.8. The smallest absolute Gasteiger partial charge is 0.414 e. The highest BCUT2D eigenvalue weighted by Crippen LogP contribution is 2.49. The first-order valence-corrected chi connectivity index (χ1v) is 10.3. The number of amides is 1. The second kappa shape index (κ2) is 10.4. The monoisotopic (exact) mass is 442 g/mol. The van der Waals surface area contributed by atoms with Crippen molar-refractivity contribution in [2.75, 3.05) is 26.0 Å². The molecule has 1 aliphatic heterocycles. The molecule has 32 heavy (non-hydrogen) atoms. The zero-order chi connectivity index (χ0) is 23.9. The number of hydrogen-bond acceptors (Lipinski definition) is 5. The maximum atomic E-state index is 13.4. The van der Waals surface area contributed by atoms with Crippen molar-refractivity contribution in [3.05, 3.63) is 65.7 Å². The minimum absolute atomic E-state index is 0.0968. The number of benzene rings is 2. The van der Waals surface area contributed by atoms with Crippen LogP contribution in [0.2, 0.25) is 0 Å². The van der Waals surface area contributed by atoms with Crippen LogP contribution in [-0.2, 0) is 30.3 Å². The highest BCUT2D eigenvalue weighted by atomic mass is 16.5. The number of para-hydroxylation sites is 1. The number of ether oxygens (including phenoxy) is 1. The van der Waals surface area contributed by atoms with Gasteiger partial charge in [-0.25, -0.2) is 9.59 Å². The van der Waals surface area contributed by atoms with Crippen molar-refractivity contribution < 1.29 is 29.3 Å². The normalized spacial score (nSPS) is 18.3. The van der Waals surface area contributed by atoms with Crippen LogP contribution in [0.1, 0.15) is 37.8 Å². The minimum Gasteiger partial charge on any atom is -0.473 e. The lowest BCUT2D eigenvalue weighted by Gasteiger charge is -2.32. The summed E-state index contributed by atoms with van der Waals surface area (Å²) >= 11 is 0. The van der Waals surface area contributed by atoms with E-state index in [9.17, 15) is 4.79 Å². The molecule has 2 aromatic carbocycles. The average Bonchev–Trinajstić information content (AvgIpc) is 2.97. The van der Waals surface area contributed by atoms with E-state index < -0.39 is 23.1 Å². The number of aliphatic carboxylic acids is 2. The van der Waals surface area contributed by atoms with Crippen LogP contribution in [0.5, 0.6) is 0 Å². The van der Waals surface area contributed by atoms with Gasteiger partial charge in [-0.2, -0.15) is 0 Å². The summed E-state index contributed by atoms with van der Waals surface area (Å²) in [6, 6.07) is 17.7. The van der Waals surface area contributed by atoms with Crippen molar-refractivity contribution in [3.63, 3.8) is 0 Å². The van der Waals surface area contributed by atoms with Gasteiger partial charge >= 0.3 is 11.9 Å². The van der Waals surface area contributed by atoms with Crippen LogP contribution in [0, 0.1) is 0 Å². The van der Waals surface area contributed by atoms with Crippen LogP contribution in [-0.4, -0.2) is 53.6 Å². The molecule has 1 atom stereocenters. The first-order valence-electron chi connectivity index (χ1n) is 10.3. The Morgan fingerprint density at radius 1 is 0.906 bits per heavy atom. The second-order valence-electron chi connectivity index (χ2n) is 8.32. The van der Waals surface area contributed by atoms with Crippen molar-refractivity contribution >= 4 is 23.5 Å². The van der Waals surface area contributed by atoms with E-state index in [1.54, 1.807) is 0 Å². The Morgan fingerprint density at radius 3 is 1.97 bits per heavy atom. The van der Waals surface area contributed by atoms with Gasteiger partial charge < -0.3 is 25.2 Å². The van der Waals surface area contributed by atoms with Crippen molar-refractivity contribution in [1.29, 1.82) is 0 Å². The van der Waals surface area contributed by atoms with E-state index in [4.69, 9.17) is 24.5 Å². The highest BCUT2D eigenvalue weighted by molar-refractivity contribution is 6.27. The van der Waals surface area contributed by atoms with Gasteiger partial charge in [0.15, 0.2) is 5.60 Å². The summed E-state index contributed by atoms with van der Waals surface area (Å²) < 4.78 is 6.49. The second-order valence-corrected chi connectivity index (χ2v) is 8.32. The maximum Gasteiger partial charge on any atom is 0.414 e. The summed E-state index contributed by atoms with van der Waals surface area (Å²) in [6.07, 6.45) is 1.52. The molecule has 0 spiro atoms. The Balaban J connectivity index is 0.000000534. The third-order valence-corrected chi connectivity index (χ3v) is 5.16. The molecule has 1 unspecified atom stereocenters. The molecule has 0 radical (unpaired) electrons. The Bertz CT molecular complexity index is 946. The Hall–Kier alpha value is -3.23. The summed E-state index contributed by atoms with van der Waals surface area (Å²) in [6.45, 7) is 4.98. The van der Waals surface area contributed by atoms with E-state index >= 15 is 0 Å². The summed E-state index contributed by atoms with van der Waals surface area (Å²) in [7, 11) is 4.09. The molecule has 1 aliphatic rings. The number of anilines is 1. The Kier molecular flexibility index (Phi) is 8.13. The van der Waals surface area contributed by atoms with Gasteiger partial charge in [0.05, 0.1) is 5.60 Å². The molecule has 1 amide bonds. The van der Waals surface area contributed by atoms with E-state index in [-0.39, 0.29) is 5.91 Å². The van der Waals surface area contributed by atoms with Crippen LogP contribution < -0.4 is 5.32 Å². The molecule has 0 aromatic heterocycles. The number of nitrogens with one attached hydrogen (secondary N) is 1. The summed E-state index contributed by atoms with van der Waals surface area (Å²) in [4.78, 5) is 33.7. The molecule has 0 fully saturated rings. The van der Waals surface area contributed by atoms with Crippen LogP contribution in [0.25, 0.3) is 0 Å². The molecule has 8 nitrogen and oxygen atoms in total. The van der Waals surface area contributed by atoms with E-state index in [0.29, 0.717) is 6.42 Å². The van der Waals surface area contributed by atoms with Gasteiger partial charge in [-0.05, 0) is 70.6 Å². The third-order valence-electron chi connectivity index (χ3n) is 5.16. The molecule has 0 saturated heterocycles. The number of carbonyl (C=O) groups is 3.